The van der Waals surface area contributed by atoms with Crippen molar-refractivity contribution < 1.29 is 9.53 Å². The minimum Gasteiger partial charge on any atom is -0.463 e. The second kappa shape index (κ2) is 6.21. The van der Waals surface area contributed by atoms with Crippen LogP contribution in [0.25, 0.3) is 0 Å². The van der Waals surface area contributed by atoms with Crippen LogP contribution in [0, 0.1) is 0 Å². The molecule has 0 atom stereocenters. The molecule has 76 valence electrons. The minimum atomic E-state index is -1.43. The highest BCUT2D eigenvalue weighted by atomic mass is 35.6. The van der Waals surface area contributed by atoms with E-state index in [4.69, 9.17) is 15.8 Å². The Kier molecular flexibility index (Phi) is 6.08. The summed E-state index contributed by atoms with van der Waals surface area (Å²) in [4.78, 5) is 10.6. The van der Waals surface area contributed by atoms with Gasteiger partial charge in [0.05, 0.1) is 6.61 Å². The summed E-state index contributed by atoms with van der Waals surface area (Å²) in [5.74, 6) is -0.345. The summed E-state index contributed by atoms with van der Waals surface area (Å²) in [6, 6.07) is 1.07. The molecule has 0 N–H and O–H groups in total. The van der Waals surface area contributed by atoms with Gasteiger partial charge in [-0.1, -0.05) is 26.1 Å². The lowest BCUT2D eigenvalue weighted by Gasteiger charge is -2.11. The number of ether oxygens (including phenoxy) is 1. The van der Waals surface area contributed by atoms with Gasteiger partial charge in [-0.15, -0.1) is 0 Å². The van der Waals surface area contributed by atoms with Crippen LogP contribution >= 0.6 is 11.1 Å². The molecule has 0 fully saturated rings. The van der Waals surface area contributed by atoms with E-state index in [-0.39, 0.29) is 5.97 Å². The van der Waals surface area contributed by atoms with E-state index in [9.17, 15) is 4.79 Å². The summed E-state index contributed by atoms with van der Waals surface area (Å²) in [6.45, 7) is 8.02. The number of carbonyl (C=O) groups excluding carboxylic acids is 1. The van der Waals surface area contributed by atoms with E-state index in [1.165, 1.54) is 6.08 Å². The van der Waals surface area contributed by atoms with Crippen molar-refractivity contribution in [3.8, 4) is 0 Å². The first-order chi connectivity index (χ1) is 5.95. The van der Waals surface area contributed by atoms with Crippen molar-refractivity contribution in [1.82, 2.24) is 0 Å². The van der Waals surface area contributed by atoms with Gasteiger partial charge in [0.25, 0.3) is 0 Å². The smallest absolute Gasteiger partial charge is 0.330 e. The summed E-state index contributed by atoms with van der Waals surface area (Å²) in [6.07, 6.45) is 3.11. The molecule has 0 radical (unpaired) electrons. The van der Waals surface area contributed by atoms with Crippen molar-refractivity contribution in [2.24, 2.45) is 0 Å². The second-order valence-corrected chi connectivity index (χ2v) is 10.6. The molecule has 0 aliphatic rings. The van der Waals surface area contributed by atoms with Crippen molar-refractivity contribution in [3.05, 3.63) is 12.7 Å². The summed E-state index contributed by atoms with van der Waals surface area (Å²) in [5.41, 5.74) is 0. The number of unbranched alkanes of at least 4 members (excludes halogenated alkanes) is 1. The van der Waals surface area contributed by atoms with E-state index in [1.807, 2.05) is 0 Å². The molecule has 0 saturated carbocycles. The van der Waals surface area contributed by atoms with E-state index in [2.05, 4.69) is 19.7 Å². The van der Waals surface area contributed by atoms with Gasteiger partial charge in [0.15, 0.2) is 0 Å². The van der Waals surface area contributed by atoms with E-state index in [0.717, 1.165) is 18.9 Å². The highest BCUT2D eigenvalue weighted by molar-refractivity contribution is 7.19. The minimum absolute atomic E-state index is 0.345. The van der Waals surface area contributed by atoms with Gasteiger partial charge in [-0.25, -0.2) is 4.79 Å². The summed E-state index contributed by atoms with van der Waals surface area (Å²) >= 11 is 6.12. The maximum atomic E-state index is 10.6. The molecular weight excluding hydrogens is 204 g/mol. The van der Waals surface area contributed by atoms with Crippen LogP contribution in [-0.2, 0) is 9.53 Å². The molecule has 2 nitrogen and oxygen atoms in total. The number of carbonyl (C=O) groups is 1. The molecule has 0 spiro atoms. The van der Waals surface area contributed by atoms with Crippen molar-refractivity contribution in [3.63, 3.8) is 0 Å². The average molecular weight is 221 g/mol. The van der Waals surface area contributed by atoms with Crippen LogP contribution in [0.3, 0.4) is 0 Å². The summed E-state index contributed by atoms with van der Waals surface area (Å²) in [7, 11) is -1.43. The van der Waals surface area contributed by atoms with Gasteiger partial charge in [0.2, 0.25) is 0 Å². The zero-order valence-electron chi connectivity index (χ0n) is 8.31. The molecule has 0 unspecified atom stereocenters. The molecular formula is C9H17ClO2Si. The van der Waals surface area contributed by atoms with Crippen LogP contribution in [0.5, 0.6) is 0 Å². The fourth-order valence-electron chi connectivity index (χ4n) is 0.879. The van der Waals surface area contributed by atoms with E-state index in [0.29, 0.717) is 6.61 Å². The Balaban J connectivity index is 3.27. The molecule has 13 heavy (non-hydrogen) atoms. The Morgan fingerprint density at radius 2 is 2.15 bits per heavy atom. The van der Waals surface area contributed by atoms with Crippen LogP contribution in [0.1, 0.15) is 12.8 Å². The maximum absolute atomic E-state index is 10.6. The fraction of sp³-hybridized carbons (Fsp3) is 0.667. The van der Waals surface area contributed by atoms with Gasteiger partial charge in [-0.3, -0.25) is 0 Å². The first-order valence-corrected chi connectivity index (χ1v) is 8.66. The third-order valence-electron chi connectivity index (χ3n) is 1.58. The number of hydrogen-bond acceptors (Lipinski definition) is 2. The predicted molar refractivity (Wildman–Crippen MR) is 58.5 cm³/mol. The van der Waals surface area contributed by atoms with Crippen molar-refractivity contribution >= 4 is 24.4 Å². The lowest BCUT2D eigenvalue weighted by atomic mass is 10.4. The lowest BCUT2D eigenvalue weighted by molar-refractivity contribution is -0.137. The van der Waals surface area contributed by atoms with Gasteiger partial charge in [-0.05, 0) is 12.5 Å². The molecule has 4 heteroatoms. The normalized spacial score (nSPS) is 11.0. The molecule has 0 amide bonds. The molecule has 0 aromatic carbocycles. The first kappa shape index (κ1) is 12.7. The Bertz CT molecular complexity index is 175. The number of rotatable bonds is 6. The third-order valence-corrected chi connectivity index (χ3v) is 3.69. The van der Waals surface area contributed by atoms with Crippen molar-refractivity contribution in [1.29, 1.82) is 0 Å². The van der Waals surface area contributed by atoms with Crippen LogP contribution in [0.2, 0.25) is 19.1 Å². The maximum Gasteiger partial charge on any atom is 0.330 e. The van der Waals surface area contributed by atoms with Gasteiger partial charge in [0.1, 0.15) is 7.38 Å². The lowest BCUT2D eigenvalue weighted by Crippen LogP contribution is -2.15. The fourth-order valence-corrected chi connectivity index (χ4v) is 2.37. The van der Waals surface area contributed by atoms with Crippen LogP contribution in [-0.4, -0.2) is 20.0 Å². The summed E-state index contributed by atoms with van der Waals surface area (Å²) < 4.78 is 4.82. The molecule has 0 heterocycles. The molecule has 0 aliphatic carbocycles. The predicted octanol–water partition coefficient (Wildman–Crippen LogP) is 2.94. The molecule has 0 rings (SSSR count). The standard InChI is InChI=1S/C9H17ClO2Si/c1-4-9(11)12-7-5-6-8-13(2,3)10/h4H,1,5-8H2,2-3H3. The monoisotopic (exact) mass is 220 g/mol. The van der Waals surface area contributed by atoms with Crippen LogP contribution < -0.4 is 0 Å². The number of esters is 1. The first-order valence-electron chi connectivity index (χ1n) is 4.44. The average Bonchev–Trinajstić information content (AvgIpc) is 2.01. The highest BCUT2D eigenvalue weighted by Crippen LogP contribution is 2.17. The quantitative estimate of drug-likeness (QED) is 0.226. The SMILES string of the molecule is C=CC(=O)OCCCC[Si](C)(C)Cl. The van der Waals surface area contributed by atoms with Gasteiger partial charge < -0.3 is 4.74 Å². The Hall–Kier alpha value is -0.283. The van der Waals surface area contributed by atoms with E-state index in [1.54, 1.807) is 0 Å². The molecule has 0 aliphatic heterocycles. The topological polar surface area (TPSA) is 26.3 Å². The third kappa shape index (κ3) is 9.63. The van der Waals surface area contributed by atoms with Gasteiger partial charge in [-0.2, -0.15) is 11.1 Å². The largest absolute Gasteiger partial charge is 0.463 e. The molecule has 0 aromatic rings. The Labute approximate surface area is 85.6 Å². The molecule has 0 saturated heterocycles. The van der Waals surface area contributed by atoms with Crippen molar-refractivity contribution in [2.45, 2.75) is 32.0 Å². The zero-order chi connectivity index (χ0) is 10.3. The Morgan fingerprint density at radius 3 is 2.62 bits per heavy atom. The Morgan fingerprint density at radius 1 is 1.54 bits per heavy atom. The highest BCUT2D eigenvalue weighted by Gasteiger charge is 2.15. The van der Waals surface area contributed by atoms with E-state index >= 15 is 0 Å². The summed E-state index contributed by atoms with van der Waals surface area (Å²) in [5, 5.41) is 0. The molecule has 0 bridgehead atoms. The second-order valence-electron chi connectivity index (χ2n) is 3.55. The zero-order valence-corrected chi connectivity index (χ0v) is 10.1. The van der Waals surface area contributed by atoms with Gasteiger partial charge in [0, 0.05) is 6.08 Å². The molecule has 0 aromatic heterocycles. The number of halogens is 1. The van der Waals surface area contributed by atoms with Crippen molar-refractivity contribution in [2.75, 3.05) is 6.61 Å². The number of hydrogen-bond donors (Lipinski definition) is 0. The van der Waals surface area contributed by atoms with Crippen LogP contribution in [0.15, 0.2) is 12.7 Å². The van der Waals surface area contributed by atoms with Crippen LogP contribution in [0.4, 0.5) is 0 Å². The van der Waals surface area contributed by atoms with E-state index < -0.39 is 7.38 Å². The van der Waals surface area contributed by atoms with Gasteiger partial charge >= 0.3 is 5.97 Å².